The van der Waals surface area contributed by atoms with E-state index in [1.807, 2.05) is 46.3 Å². The van der Waals surface area contributed by atoms with E-state index >= 15 is 0 Å². The second-order valence-electron chi connectivity index (χ2n) is 8.81. The van der Waals surface area contributed by atoms with Gasteiger partial charge < -0.3 is 20.1 Å². The number of thiazole rings is 1. The molecule has 12 heteroatoms. The van der Waals surface area contributed by atoms with Crippen molar-refractivity contribution in [2.45, 2.75) is 49.3 Å². The number of nitrogens with one attached hydrogen (secondary N) is 2. The number of thioether (sulfide) groups is 1. The van der Waals surface area contributed by atoms with Crippen molar-refractivity contribution in [2.75, 3.05) is 23.4 Å². The number of nitrogens with zero attached hydrogens (tertiary/aromatic N) is 7. The van der Waals surface area contributed by atoms with Crippen LogP contribution in [0.15, 0.2) is 41.8 Å². The number of benzene rings is 1. The van der Waals surface area contributed by atoms with E-state index in [9.17, 15) is 4.79 Å². The largest absolute Gasteiger partial charge is 0.359 e. The monoisotopic (exact) mass is 507 g/mol. The summed E-state index contributed by atoms with van der Waals surface area (Å²) in [6, 6.07) is 6.43. The average Bonchev–Trinajstić information content (AvgIpc) is 3.62. The summed E-state index contributed by atoms with van der Waals surface area (Å²) in [5.41, 5.74) is 1.58. The van der Waals surface area contributed by atoms with E-state index in [1.165, 1.54) is 0 Å². The van der Waals surface area contributed by atoms with Gasteiger partial charge >= 0.3 is 0 Å². The van der Waals surface area contributed by atoms with Crippen molar-refractivity contribution in [1.82, 2.24) is 34.6 Å². The fourth-order valence-corrected chi connectivity index (χ4v) is 5.94. The van der Waals surface area contributed by atoms with E-state index in [2.05, 4.69) is 30.8 Å². The van der Waals surface area contributed by atoms with Crippen molar-refractivity contribution >= 4 is 50.3 Å². The Balaban J connectivity index is 1.09. The van der Waals surface area contributed by atoms with Crippen LogP contribution in [-0.2, 0) is 13.1 Å². The van der Waals surface area contributed by atoms with Gasteiger partial charge in [0.1, 0.15) is 6.33 Å². The van der Waals surface area contributed by atoms with E-state index in [-0.39, 0.29) is 5.91 Å². The zero-order chi connectivity index (χ0) is 23.8. The number of rotatable bonds is 6. The zero-order valence-corrected chi connectivity index (χ0v) is 20.8. The van der Waals surface area contributed by atoms with Crippen LogP contribution in [0.2, 0.25) is 0 Å². The Bertz CT molecular complexity index is 1350. The molecule has 180 valence electrons. The van der Waals surface area contributed by atoms with Gasteiger partial charge in [-0.1, -0.05) is 11.3 Å². The summed E-state index contributed by atoms with van der Waals surface area (Å²) in [7, 11) is 0. The van der Waals surface area contributed by atoms with E-state index < -0.39 is 0 Å². The third-order valence-electron chi connectivity index (χ3n) is 6.52. The first-order valence-corrected chi connectivity index (χ1v) is 13.6. The van der Waals surface area contributed by atoms with Gasteiger partial charge in [-0.15, -0.1) is 22.0 Å². The lowest BCUT2D eigenvalue weighted by molar-refractivity contribution is 0.0707. The molecule has 1 aromatic carbocycles. The summed E-state index contributed by atoms with van der Waals surface area (Å²) in [6.45, 7) is 1.86. The van der Waals surface area contributed by atoms with Gasteiger partial charge in [0.05, 0.1) is 16.8 Å². The Hall–Kier alpha value is -3.25. The summed E-state index contributed by atoms with van der Waals surface area (Å²) in [6.07, 6.45) is 10.5. The number of anilines is 2. The Kier molecular flexibility index (Phi) is 5.98. The number of amides is 1. The van der Waals surface area contributed by atoms with Crippen LogP contribution in [0.5, 0.6) is 0 Å². The topological polar surface area (TPSA) is 114 Å². The van der Waals surface area contributed by atoms with Gasteiger partial charge in [-0.3, -0.25) is 4.79 Å². The van der Waals surface area contributed by atoms with E-state index in [0.717, 1.165) is 51.9 Å². The number of aromatic nitrogens is 6. The molecule has 1 saturated carbocycles. The maximum atomic E-state index is 13.1. The van der Waals surface area contributed by atoms with Gasteiger partial charge in [-0.2, -0.15) is 0 Å². The summed E-state index contributed by atoms with van der Waals surface area (Å²) in [5.74, 6) is 1.52. The lowest BCUT2D eigenvalue weighted by Gasteiger charge is -2.27. The van der Waals surface area contributed by atoms with Crippen LogP contribution in [0, 0.1) is 0 Å². The molecule has 4 aromatic rings. The summed E-state index contributed by atoms with van der Waals surface area (Å²) >= 11 is 3.23. The third kappa shape index (κ3) is 4.67. The lowest BCUT2D eigenvalue weighted by atomic mass is 10.1. The molecular formula is C23H25N9OS2. The minimum atomic E-state index is 0.0153. The summed E-state index contributed by atoms with van der Waals surface area (Å²) in [4.78, 5) is 29.5. The number of hydrogen-bond donors (Lipinski definition) is 2. The van der Waals surface area contributed by atoms with Gasteiger partial charge in [0.15, 0.2) is 11.0 Å². The maximum Gasteiger partial charge on any atom is 0.254 e. The molecule has 10 nitrogen and oxygen atoms in total. The highest BCUT2D eigenvalue weighted by atomic mass is 32.2. The minimum Gasteiger partial charge on any atom is -0.359 e. The fraction of sp³-hybridized carbons (Fsp3) is 0.391. The van der Waals surface area contributed by atoms with Gasteiger partial charge in [-0.25, -0.2) is 15.0 Å². The quantitative estimate of drug-likeness (QED) is 0.379. The van der Waals surface area contributed by atoms with Crippen LogP contribution in [0.25, 0.3) is 10.2 Å². The molecule has 2 atom stereocenters. The summed E-state index contributed by atoms with van der Waals surface area (Å²) < 4.78 is 3.00. The molecule has 1 aliphatic heterocycles. The van der Waals surface area contributed by atoms with Crippen molar-refractivity contribution in [1.29, 1.82) is 0 Å². The van der Waals surface area contributed by atoms with Gasteiger partial charge in [0.2, 0.25) is 5.95 Å². The van der Waals surface area contributed by atoms with Crippen molar-refractivity contribution in [3.05, 3.63) is 48.3 Å². The van der Waals surface area contributed by atoms with Crippen molar-refractivity contribution in [3.63, 3.8) is 0 Å². The molecule has 1 fully saturated rings. The molecule has 1 amide bonds. The van der Waals surface area contributed by atoms with Crippen LogP contribution in [0.4, 0.5) is 11.1 Å². The molecule has 0 spiro atoms. The molecule has 3 aromatic heterocycles. The van der Waals surface area contributed by atoms with Gasteiger partial charge in [-0.05, 0) is 43.7 Å². The predicted molar refractivity (Wildman–Crippen MR) is 137 cm³/mol. The normalized spacial score (nSPS) is 19.6. The SMILES string of the molecule is CSc1cnc(NC2CC[C@H](Nc3nc4ccc(C(=O)N5CCn6cnnc6C5)cc4s3)C2)nc1. The highest BCUT2D eigenvalue weighted by molar-refractivity contribution is 7.98. The fourth-order valence-electron chi connectivity index (χ4n) is 4.64. The number of hydrogen-bond acceptors (Lipinski definition) is 10. The Morgan fingerprint density at radius 2 is 1.97 bits per heavy atom. The molecule has 0 saturated heterocycles. The molecular weight excluding hydrogens is 482 g/mol. The van der Waals surface area contributed by atoms with E-state index in [0.29, 0.717) is 36.7 Å². The average molecular weight is 508 g/mol. The number of fused-ring (bicyclic) bond motifs is 2. The first-order valence-electron chi connectivity index (χ1n) is 11.6. The smallest absolute Gasteiger partial charge is 0.254 e. The predicted octanol–water partition coefficient (Wildman–Crippen LogP) is 3.50. The maximum absolute atomic E-state index is 13.1. The van der Waals surface area contributed by atoms with E-state index in [4.69, 9.17) is 4.98 Å². The molecule has 1 unspecified atom stereocenters. The standard InChI is InChI=1S/C23H25N9OS2/c1-34-17-10-24-22(25-11-17)27-15-3-4-16(9-15)28-23-29-18-5-2-14(8-19(18)35-23)21(33)31-6-7-32-13-26-30-20(32)12-31/h2,5,8,10-11,13,15-16H,3-4,6-7,9,12H2,1H3,(H,28,29)(H,24,25,27)/t15?,16-/m0/s1. The minimum absolute atomic E-state index is 0.0153. The van der Waals surface area contributed by atoms with Crippen molar-refractivity contribution in [3.8, 4) is 0 Å². The Morgan fingerprint density at radius 3 is 2.80 bits per heavy atom. The number of carbonyl (C=O) groups is 1. The lowest BCUT2D eigenvalue weighted by Crippen LogP contribution is -2.38. The molecule has 6 rings (SSSR count). The second-order valence-corrected chi connectivity index (χ2v) is 10.7. The zero-order valence-electron chi connectivity index (χ0n) is 19.2. The third-order valence-corrected chi connectivity index (χ3v) is 8.15. The Labute approximate surface area is 210 Å². The van der Waals surface area contributed by atoms with Crippen molar-refractivity contribution < 1.29 is 4.79 Å². The Morgan fingerprint density at radius 1 is 1.14 bits per heavy atom. The van der Waals surface area contributed by atoms with Crippen LogP contribution in [-0.4, -0.2) is 65.4 Å². The molecule has 4 heterocycles. The van der Waals surface area contributed by atoms with Crippen LogP contribution in [0.3, 0.4) is 0 Å². The molecule has 2 N–H and O–H groups in total. The van der Waals surface area contributed by atoms with Crippen LogP contribution < -0.4 is 10.6 Å². The molecule has 2 aliphatic rings. The molecule has 0 radical (unpaired) electrons. The highest BCUT2D eigenvalue weighted by Crippen LogP contribution is 2.31. The van der Waals surface area contributed by atoms with Crippen molar-refractivity contribution in [2.24, 2.45) is 0 Å². The summed E-state index contributed by atoms with van der Waals surface area (Å²) in [5, 5.41) is 16.0. The molecule has 35 heavy (non-hydrogen) atoms. The highest BCUT2D eigenvalue weighted by Gasteiger charge is 2.26. The molecule has 0 bridgehead atoms. The second kappa shape index (κ2) is 9.42. The van der Waals surface area contributed by atoms with Gasteiger partial charge in [0.25, 0.3) is 5.91 Å². The first-order chi connectivity index (χ1) is 17.1. The van der Waals surface area contributed by atoms with Gasteiger partial charge in [0, 0.05) is 48.0 Å². The number of carbonyl (C=O) groups excluding carboxylic acids is 1. The first kappa shape index (κ1) is 22.2. The van der Waals surface area contributed by atoms with Crippen LogP contribution >= 0.6 is 23.1 Å². The molecule has 1 aliphatic carbocycles. The van der Waals surface area contributed by atoms with E-state index in [1.54, 1.807) is 29.4 Å². The van der Waals surface area contributed by atoms with Crippen LogP contribution in [0.1, 0.15) is 35.4 Å².